The minimum absolute atomic E-state index is 0.0361. The van der Waals surface area contributed by atoms with Gasteiger partial charge in [-0.1, -0.05) is 0 Å². The summed E-state index contributed by atoms with van der Waals surface area (Å²) in [5.41, 5.74) is -1.17. The number of nitro benzene ring substituents is 1. The molecule has 1 aliphatic rings. The van der Waals surface area contributed by atoms with Crippen molar-refractivity contribution in [3.8, 4) is 0 Å². The lowest BCUT2D eigenvalue weighted by molar-refractivity contribution is -0.390. The number of benzene rings is 1. The van der Waals surface area contributed by atoms with Crippen LogP contribution in [0, 0.1) is 27.2 Å². The first-order valence-corrected chi connectivity index (χ1v) is 6.80. The molecular weight excluding hydrogens is 292 g/mol. The summed E-state index contributed by atoms with van der Waals surface area (Å²) in [5.74, 6) is -2.76. The van der Waals surface area contributed by atoms with Crippen LogP contribution in [0.3, 0.4) is 0 Å². The molecule has 1 aliphatic carbocycles. The molecule has 0 saturated heterocycles. The first-order chi connectivity index (χ1) is 9.33. The molecule has 0 atom stereocenters. The Hall–Kier alpha value is -1.70. The minimum atomic E-state index is -1.22. The van der Waals surface area contributed by atoms with Crippen molar-refractivity contribution in [1.82, 2.24) is 0 Å². The highest BCUT2D eigenvalue weighted by atomic mass is 32.2. The third-order valence-electron chi connectivity index (χ3n) is 3.19. The number of halogens is 2. The van der Waals surface area contributed by atoms with Gasteiger partial charge in [-0.15, -0.1) is 11.8 Å². The fourth-order valence-corrected chi connectivity index (χ4v) is 3.29. The van der Waals surface area contributed by atoms with Gasteiger partial charge in [-0.2, -0.15) is 4.39 Å². The van der Waals surface area contributed by atoms with E-state index in [4.69, 9.17) is 5.11 Å². The van der Waals surface area contributed by atoms with Crippen LogP contribution in [0.4, 0.5) is 14.5 Å². The van der Waals surface area contributed by atoms with Crippen molar-refractivity contribution in [3.63, 3.8) is 0 Å². The monoisotopic (exact) mass is 303 g/mol. The van der Waals surface area contributed by atoms with E-state index >= 15 is 0 Å². The molecule has 0 radical (unpaired) electrons. The van der Waals surface area contributed by atoms with E-state index in [0.717, 1.165) is 17.8 Å². The number of carboxylic acids is 1. The van der Waals surface area contributed by atoms with Crippen LogP contribution in [0.15, 0.2) is 17.0 Å². The molecule has 108 valence electrons. The lowest BCUT2D eigenvalue weighted by Gasteiger charge is -2.12. The fourth-order valence-electron chi connectivity index (χ4n) is 1.93. The Balaban J connectivity index is 2.17. The van der Waals surface area contributed by atoms with Gasteiger partial charge in [0.2, 0.25) is 5.82 Å². The van der Waals surface area contributed by atoms with Gasteiger partial charge < -0.3 is 5.11 Å². The number of rotatable bonds is 6. The number of thioether (sulfide) groups is 1. The van der Waals surface area contributed by atoms with Gasteiger partial charge in [-0.25, -0.2) is 4.39 Å². The highest BCUT2D eigenvalue weighted by Gasteiger charge is 2.44. The maximum Gasteiger partial charge on any atom is 0.318 e. The maximum atomic E-state index is 13.4. The molecule has 0 spiro atoms. The Morgan fingerprint density at radius 3 is 2.60 bits per heavy atom. The fraction of sp³-hybridized carbons (Fsp3) is 0.417. The van der Waals surface area contributed by atoms with Crippen LogP contribution in [0.1, 0.15) is 19.3 Å². The van der Waals surface area contributed by atoms with E-state index in [0.29, 0.717) is 24.7 Å². The zero-order chi connectivity index (χ0) is 14.9. The van der Waals surface area contributed by atoms with E-state index in [1.54, 1.807) is 0 Å². The largest absolute Gasteiger partial charge is 0.481 e. The first-order valence-electron chi connectivity index (χ1n) is 5.81. The van der Waals surface area contributed by atoms with Gasteiger partial charge in [-0.05, 0) is 24.3 Å². The van der Waals surface area contributed by atoms with Crippen molar-refractivity contribution >= 4 is 23.4 Å². The third-order valence-corrected chi connectivity index (χ3v) is 4.57. The molecule has 1 aromatic carbocycles. The SMILES string of the molecule is O=C(O)CC1(CSc2cc(F)cc(F)c2[N+](=O)[O-])CC1. The summed E-state index contributed by atoms with van der Waals surface area (Å²) in [6.45, 7) is 0. The van der Waals surface area contributed by atoms with Crippen molar-refractivity contribution in [3.05, 3.63) is 33.9 Å². The molecule has 1 N–H and O–H groups in total. The van der Waals surface area contributed by atoms with Gasteiger partial charge in [0.25, 0.3) is 0 Å². The Bertz CT molecular complexity index is 575. The number of nitro groups is 1. The predicted octanol–water partition coefficient (Wildman–Crippen LogP) is 3.22. The van der Waals surface area contributed by atoms with E-state index in [-0.39, 0.29) is 11.3 Å². The zero-order valence-electron chi connectivity index (χ0n) is 10.3. The molecule has 1 aromatic rings. The summed E-state index contributed by atoms with van der Waals surface area (Å²) in [5, 5.41) is 19.6. The van der Waals surface area contributed by atoms with Gasteiger partial charge >= 0.3 is 11.7 Å². The average Bonchev–Trinajstić information content (AvgIpc) is 3.04. The Morgan fingerprint density at radius 1 is 1.45 bits per heavy atom. The summed E-state index contributed by atoms with van der Waals surface area (Å²) < 4.78 is 26.6. The molecule has 0 aromatic heterocycles. The molecule has 5 nitrogen and oxygen atoms in total. The number of hydrogen-bond donors (Lipinski definition) is 1. The third kappa shape index (κ3) is 3.24. The summed E-state index contributed by atoms with van der Waals surface area (Å²) >= 11 is 0.930. The molecule has 0 heterocycles. The smallest absolute Gasteiger partial charge is 0.318 e. The average molecular weight is 303 g/mol. The van der Waals surface area contributed by atoms with Crippen molar-refractivity contribution in [2.24, 2.45) is 5.41 Å². The summed E-state index contributed by atoms with van der Waals surface area (Å²) in [6, 6.07) is 1.37. The van der Waals surface area contributed by atoms with Gasteiger partial charge in [0, 0.05) is 11.8 Å². The highest BCUT2D eigenvalue weighted by molar-refractivity contribution is 7.99. The molecule has 0 amide bonds. The zero-order valence-corrected chi connectivity index (χ0v) is 11.1. The molecule has 8 heteroatoms. The van der Waals surface area contributed by atoms with E-state index in [1.165, 1.54) is 0 Å². The van der Waals surface area contributed by atoms with Gasteiger partial charge in [0.15, 0.2) is 0 Å². The number of hydrogen-bond acceptors (Lipinski definition) is 4. The Morgan fingerprint density at radius 2 is 2.10 bits per heavy atom. The second-order valence-electron chi connectivity index (χ2n) is 4.85. The quantitative estimate of drug-likeness (QED) is 0.496. The molecular formula is C12H11F2NO4S. The van der Waals surface area contributed by atoms with E-state index in [1.807, 2.05) is 0 Å². The standard InChI is InChI=1S/C12H11F2NO4S/c13-7-3-8(14)11(15(18)19)9(4-7)20-6-12(1-2-12)5-10(16)17/h3-4H,1-2,5-6H2,(H,16,17). The molecule has 20 heavy (non-hydrogen) atoms. The second kappa shape index (κ2) is 5.35. The van der Waals surface area contributed by atoms with Crippen LogP contribution in [-0.2, 0) is 4.79 Å². The molecule has 1 saturated carbocycles. The number of nitrogens with zero attached hydrogens (tertiary/aromatic N) is 1. The van der Waals surface area contributed by atoms with Crippen molar-refractivity contribution in [2.75, 3.05) is 5.75 Å². The van der Waals surface area contributed by atoms with Crippen molar-refractivity contribution in [1.29, 1.82) is 0 Å². The summed E-state index contributed by atoms with van der Waals surface area (Å²) in [6.07, 6.45) is 1.38. The topological polar surface area (TPSA) is 80.4 Å². The summed E-state index contributed by atoms with van der Waals surface area (Å²) in [7, 11) is 0. The van der Waals surface area contributed by atoms with Crippen LogP contribution in [-0.4, -0.2) is 21.8 Å². The van der Waals surface area contributed by atoms with Crippen LogP contribution in [0.25, 0.3) is 0 Å². The predicted molar refractivity (Wildman–Crippen MR) is 67.7 cm³/mol. The molecule has 0 unspecified atom stereocenters. The minimum Gasteiger partial charge on any atom is -0.481 e. The lowest BCUT2D eigenvalue weighted by Crippen LogP contribution is -2.11. The number of carboxylic acid groups (broad SMARTS) is 1. The van der Waals surface area contributed by atoms with Gasteiger partial charge in [0.1, 0.15) is 5.82 Å². The Labute approximate surface area is 117 Å². The Kier molecular flexibility index (Phi) is 3.94. The summed E-state index contributed by atoms with van der Waals surface area (Å²) in [4.78, 5) is 20.5. The van der Waals surface area contributed by atoms with Crippen molar-refractivity contribution in [2.45, 2.75) is 24.2 Å². The van der Waals surface area contributed by atoms with Crippen LogP contribution in [0.5, 0.6) is 0 Å². The van der Waals surface area contributed by atoms with E-state index in [9.17, 15) is 23.7 Å². The van der Waals surface area contributed by atoms with Gasteiger partial charge in [-0.3, -0.25) is 14.9 Å². The molecule has 2 rings (SSSR count). The van der Waals surface area contributed by atoms with E-state index in [2.05, 4.69) is 0 Å². The second-order valence-corrected chi connectivity index (χ2v) is 5.87. The lowest BCUT2D eigenvalue weighted by atomic mass is 10.1. The highest BCUT2D eigenvalue weighted by Crippen LogP contribution is 2.52. The molecule has 0 aliphatic heterocycles. The normalized spacial score (nSPS) is 15.9. The van der Waals surface area contributed by atoms with Crippen LogP contribution >= 0.6 is 11.8 Å². The number of aliphatic carboxylic acids is 1. The van der Waals surface area contributed by atoms with Crippen molar-refractivity contribution < 1.29 is 23.6 Å². The van der Waals surface area contributed by atoms with Gasteiger partial charge in [0.05, 0.1) is 16.2 Å². The van der Waals surface area contributed by atoms with Crippen LogP contribution in [0.2, 0.25) is 0 Å². The first kappa shape index (κ1) is 14.7. The molecule has 1 fully saturated rings. The maximum absolute atomic E-state index is 13.4. The molecule has 0 bridgehead atoms. The van der Waals surface area contributed by atoms with E-state index < -0.39 is 33.6 Å². The number of carbonyl (C=O) groups is 1. The van der Waals surface area contributed by atoms with Crippen LogP contribution < -0.4 is 0 Å².